The highest BCUT2D eigenvalue weighted by atomic mass is 32.2. The highest BCUT2D eigenvalue weighted by Gasteiger charge is 2.39. The maximum absolute atomic E-state index is 11.7. The first kappa shape index (κ1) is 22.9. The number of carbonyl (C=O) groups excluding carboxylic acids is 1. The van der Waals surface area contributed by atoms with Crippen LogP contribution in [0.1, 0.15) is 83.1 Å². The number of hydrogen-bond acceptors (Lipinski definition) is 3. The first-order chi connectivity index (χ1) is 8.65. The summed E-state index contributed by atoms with van der Waals surface area (Å²) in [6, 6.07) is 0. The van der Waals surface area contributed by atoms with Gasteiger partial charge in [-0.3, -0.25) is 4.79 Å². The van der Waals surface area contributed by atoms with E-state index >= 15 is 0 Å². The van der Waals surface area contributed by atoms with Gasteiger partial charge in [-0.05, 0) is 41.5 Å². The molecule has 0 rings (SSSR count). The van der Waals surface area contributed by atoms with E-state index in [9.17, 15) is 13.2 Å². The van der Waals surface area contributed by atoms with Crippen LogP contribution in [-0.4, -0.2) is 23.7 Å². The number of hydrogen-bond donors (Lipinski definition) is 0. The van der Waals surface area contributed by atoms with Gasteiger partial charge in [-0.2, -0.15) is 0 Å². The zero-order valence-corrected chi connectivity index (χ0v) is 16.9. The quantitative estimate of drug-likeness (QED) is 0.653. The summed E-state index contributed by atoms with van der Waals surface area (Å²) in [6.45, 7) is 22.1. The Kier molecular flexibility index (Phi) is 6.97. The minimum absolute atomic E-state index is 0.196. The van der Waals surface area contributed by atoms with E-state index in [4.69, 9.17) is 0 Å². The SMILES string of the molecule is CC(C)(C)C(=O)C(C)(C)C.CC(C)(C)S(=O)(=O)C(C)(C)C. The van der Waals surface area contributed by atoms with Gasteiger partial charge in [0.25, 0.3) is 0 Å². The maximum atomic E-state index is 11.7. The Labute approximate surface area is 132 Å². The molecule has 0 aromatic carbocycles. The second-order valence-corrected chi connectivity index (χ2v) is 13.0. The number of rotatable bonds is 0. The lowest BCUT2D eigenvalue weighted by atomic mass is 9.76. The maximum Gasteiger partial charge on any atom is 0.160 e. The fourth-order valence-corrected chi connectivity index (χ4v) is 3.88. The summed E-state index contributed by atoms with van der Waals surface area (Å²) in [5.74, 6) is 0.319. The fourth-order valence-electron chi connectivity index (χ4n) is 2.04. The lowest BCUT2D eigenvalue weighted by molar-refractivity contribution is -0.134. The van der Waals surface area contributed by atoms with Crippen molar-refractivity contribution in [1.82, 2.24) is 0 Å². The minimum atomic E-state index is -3.01. The molecule has 0 saturated carbocycles. The highest BCUT2D eigenvalue weighted by Crippen LogP contribution is 2.28. The standard InChI is InChI=1S/C9H18O.C8H18O2S/c1-8(2,3)7(10)9(4,5)6;1-7(2,3)11(9,10)8(4,5)6/h1-6H3;1-6H3. The minimum Gasteiger partial charge on any atom is -0.299 e. The van der Waals surface area contributed by atoms with Crippen molar-refractivity contribution in [2.75, 3.05) is 0 Å². The Bertz CT molecular complexity index is 408. The molecule has 0 atom stereocenters. The van der Waals surface area contributed by atoms with Gasteiger partial charge in [-0.1, -0.05) is 41.5 Å². The molecule has 0 amide bonds. The van der Waals surface area contributed by atoms with Gasteiger partial charge in [0.05, 0.1) is 9.49 Å². The number of carbonyl (C=O) groups is 1. The summed E-state index contributed by atoms with van der Waals surface area (Å²) in [7, 11) is -3.01. The van der Waals surface area contributed by atoms with E-state index in [1.165, 1.54) is 0 Å². The molecule has 21 heavy (non-hydrogen) atoms. The predicted octanol–water partition coefficient (Wildman–Crippen LogP) is 4.65. The zero-order chi connectivity index (χ0) is 18.1. The lowest BCUT2D eigenvalue weighted by Gasteiger charge is -2.29. The van der Waals surface area contributed by atoms with Gasteiger partial charge in [0.15, 0.2) is 9.84 Å². The molecule has 0 aromatic rings. The third kappa shape index (κ3) is 6.94. The largest absolute Gasteiger partial charge is 0.299 e. The smallest absolute Gasteiger partial charge is 0.160 e. The molecular formula is C17H36O3S. The predicted molar refractivity (Wildman–Crippen MR) is 92.3 cm³/mol. The summed E-state index contributed by atoms with van der Waals surface area (Å²) < 4.78 is 22.1. The van der Waals surface area contributed by atoms with E-state index in [0.29, 0.717) is 5.78 Å². The van der Waals surface area contributed by atoms with Crippen molar-refractivity contribution in [2.45, 2.75) is 92.6 Å². The Morgan fingerprint density at radius 3 is 0.762 bits per heavy atom. The Hall–Kier alpha value is -0.380. The van der Waals surface area contributed by atoms with Crippen molar-refractivity contribution >= 4 is 15.6 Å². The van der Waals surface area contributed by atoms with Crippen LogP contribution in [0, 0.1) is 10.8 Å². The summed E-state index contributed by atoms with van der Waals surface area (Å²) in [5, 5.41) is 0. The Morgan fingerprint density at radius 1 is 0.571 bits per heavy atom. The van der Waals surface area contributed by atoms with Crippen LogP contribution >= 0.6 is 0 Å². The molecule has 4 heteroatoms. The van der Waals surface area contributed by atoms with E-state index in [1.807, 2.05) is 41.5 Å². The summed E-state index contributed by atoms with van der Waals surface area (Å²) >= 11 is 0. The molecule has 0 unspecified atom stereocenters. The van der Waals surface area contributed by atoms with Crippen LogP contribution < -0.4 is 0 Å². The van der Waals surface area contributed by atoms with Gasteiger partial charge < -0.3 is 0 Å². The molecule has 0 spiro atoms. The van der Waals surface area contributed by atoms with Crippen LogP contribution in [0.5, 0.6) is 0 Å². The van der Waals surface area contributed by atoms with E-state index in [-0.39, 0.29) is 10.8 Å². The molecule has 0 bridgehead atoms. The van der Waals surface area contributed by atoms with Gasteiger partial charge >= 0.3 is 0 Å². The Balaban J connectivity index is 0. The average molecular weight is 321 g/mol. The molecule has 0 N–H and O–H groups in total. The van der Waals surface area contributed by atoms with Crippen LogP contribution in [0.4, 0.5) is 0 Å². The van der Waals surface area contributed by atoms with Gasteiger partial charge in [0.1, 0.15) is 5.78 Å². The molecule has 0 aromatic heterocycles. The second-order valence-electron chi connectivity index (χ2n) is 9.56. The summed E-state index contributed by atoms with van der Waals surface area (Å²) in [5.41, 5.74) is -0.392. The van der Waals surface area contributed by atoms with Crippen molar-refractivity contribution in [3.05, 3.63) is 0 Å². The van der Waals surface area contributed by atoms with Crippen molar-refractivity contribution < 1.29 is 13.2 Å². The zero-order valence-electron chi connectivity index (χ0n) is 16.1. The van der Waals surface area contributed by atoms with Crippen molar-refractivity contribution in [3.63, 3.8) is 0 Å². The number of ketones is 1. The van der Waals surface area contributed by atoms with Crippen molar-refractivity contribution in [2.24, 2.45) is 10.8 Å². The van der Waals surface area contributed by atoms with Gasteiger partial charge in [-0.25, -0.2) is 8.42 Å². The Morgan fingerprint density at radius 2 is 0.762 bits per heavy atom. The number of sulfone groups is 1. The molecule has 0 fully saturated rings. The van der Waals surface area contributed by atoms with Crippen LogP contribution in [0.25, 0.3) is 0 Å². The molecule has 0 radical (unpaired) electrons. The van der Waals surface area contributed by atoms with E-state index in [2.05, 4.69) is 0 Å². The molecule has 0 heterocycles. The monoisotopic (exact) mass is 320 g/mol. The second kappa shape index (κ2) is 6.39. The highest BCUT2D eigenvalue weighted by molar-refractivity contribution is 7.94. The van der Waals surface area contributed by atoms with Gasteiger partial charge in [0.2, 0.25) is 0 Å². The first-order valence-corrected chi connectivity index (χ1v) is 8.93. The molecule has 0 saturated heterocycles. The van der Waals surface area contributed by atoms with Crippen LogP contribution in [-0.2, 0) is 14.6 Å². The molecular weight excluding hydrogens is 284 g/mol. The molecule has 3 nitrogen and oxygen atoms in total. The van der Waals surface area contributed by atoms with Gasteiger partial charge in [0, 0.05) is 10.8 Å². The van der Waals surface area contributed by atoms with Crippen LogP contribution in [0.2, 0.25) is 0 Å². The van der Waals surface area contributed by atoms with E-state index in [1.54, 1.807) is 41.5 Å². The van der Waals surface area contributed by atoms with E-state index in [0.717, 1.165) is 0 Å². The molecule has 128 valence electrons. The molecule has 0 aliphatic carbocycles. The van der Waals surface area contributed by atoms with Crippen LogP contribution in [0.3, 0.4) is 0 Å². The van der Waals surface area contributed by atoms with E-state index < -0.39 is 19.3 Å². The first-order valence-electron chi connectivity index (χ1n) is 7.45. The normalized spacial score (nSPS) is 14.3. The number of Topliss-reactive ketones (excluding diaryl/α,β-unsaturated/α-hetero) is 1. The lowest BCUT2D eigenvalue weighted by Crippen LogP contribution is -2.41. The third-order valence-corrected chi connectivity index (χ3v) is 6.20. The molecule has 0 aliphatic heterocycles. The van der Waals surface area contributed by atoms with Gasteiger partial charge in [-0.15, -0.1) is 0 Å². The summed E-state index contributed by atoms with van der Waals surface area (Å²) in [4.78, 5) is 11.5. The molecule has 0 aliphatic rings. The fraction of sp³-hybridized carbons (Fsp3) is 0.941. The van der Waals surface area contributed by atoms with Crippen molar-refractivity contribution in [1.29, 1.82) is 0 Å². The summed E-state index contributed by atoms with van der Waals surface area (Å²) in [6.07, 6.45) is 0. The van der Waals surface area contributed by atoms with Crippen LogP contribution in [0.15, 0.2) is 0 Å². The van der Waals surface area contributed by atoms with Crippen molar-refractivity contribution in [3.8, 4) is 0 Å². The third-order valence-electron chi connectivity index (χ3n) is 2.97. The topological polar surface area (TPSA) is 51.2 Å². The average Bonchev–Trinajstić information content (AvgIpc) is 2.11.